The van der Waals surface area contributed by atoms with E-state index in [-0.39, 0.29) is 0 Å². The van der Waals surface area contributed by atoms with Crippen LogP contribution in [0, 0.1) is 3.70 Å². The van der Waals surface area contributed by atoms with Gasteiger partial charge in [-0.05, 0) is 17.5 Å². The Balaban J connectivity index is 2.34. The molecule has 0 atom stereocenters. The molecule has 0 N–H and O–H groups in total. The van der Waals surface area contributed by atoms with Crippen molar-refractivity contribution in [2.45, 2.75) is 0 Å². The molecule has 0 bridgehead atoms. The molecule has 0 aliphatic rings. The average Bonchev–Trinajstić information content (AvgIpc) is 2.49. The van der Waals surface area contributed by atoms with Gasteiger partial charge in [0.15, 0.2) is 0 Å². The standard InChI is InChI=1S/C17H15INO/c1-19-15(8-5-9-16(19)18)14-11-10-12-6-3-4-7-13(12)17(14)20-2/h3-11H,1-2H3/q+1. The predicted molar refractivity (Wildman–Crippen MR) is 89.8 cm³/mol. The van der Waals surface area contributed by atoms with Crippen LogP contribution in [0.3, 0.4) is 0 Å². The average molecular weight is 376 g/mol. The molecule has 0 unspecified atom stereocenters. The number of nitrogens with zero attached hydrogens (tertiary/aromatic N) is 1. The minimum atomic E-state index is 0.931. The molecule has 0 spiro atoms. The summed E-state index contributed by atoms with van der Waals surface area (Å²) in [5.41, 5.74) is 2.27. The number of hydrogen-bond acceptors (Lipinski definition) is 1. The Kier molecular flexibility index (Phi) is 3.61. The highest BCUT2D eigenvalue weighted by atomic mass is 127. The van der Waals surface area contributed by atoms with Crippen molar-refractivity contribution in [3.05, 3.63) is 58.3 Å². The topological polar surface area (TPSA) is 13.1 Å². The van der Waals surface area contributed by atoms with Gasteiger partial charge in [0.2, 0.25) is 9.39 Å². The lowest BCUT2D eigenvalue weighted by Crippen LogP contribution is -2.34. The number of fused-ring (bicyclic) bond motifs is 1. The van der Waals surface area contributed by atoms with Crippen LogP contribution in [0.25, 0.3) is 22.0 Å². The second-order valence-corrected chi connectivity index (χ2v) is 5.77. The smallest absolute Gasteiger partial charge is 0.241 e. The molecule has 3 heteroatoms. The largest absolute Gasteiger partial charge is 0.495 e. The molecule has 0 fully saturated rings. The molecule has 20 heavy (non-hydrogen) atoms. The van der Waals surface area contributed by atoms with E-state index < -0.39 is 0 Å². The lowest BCUT2D eigenvalue weighted by molar-refractivity contribution is -0.673. The van der Waals surface area contributed by atoms with Gasteiger partial charge in [0.25, 0.3) is 0 Å². The third-order valence-corrected chi connectivity index (χ3v) is 4.61. The lowest BCUT2D eigenvalue weighted by Gasteiger charge is -2.11. The van der Waals surface area contributed by atoms with Gasteiger partial charge in [-0.1, -0.05) is 30.3 Å². The molecular formula is C17H15INO+. The van der Waals surface area contributed by atoms with Gasteiger partial charge in [0.05, 0.1) is 12.7 Å². The summed E-state index contributed by atoms with van der Waals surface area (Å²) in [5.74, 6) is 0.931. The molecule has 1 heterocycles. The summed E-state index contributed by atoms with van der Waals surface area (Å²) in [4.78, 5) is 0. The first kappa shape index (κ1) is 13.4. The Bertz CT molecular complexity index is 783. The minimum Gasteiger partial charge on any atom is -0.495 e. The number of hydrogen-bond donors (Lipinski definition) is 0. The highest BCUT2D eigenvalue weighted by Crippen LogP contribution is 2.35. The summed E-state index contributed by atoms with van der Waals surface area (Å²) in [6, 6.07) is 18.9. The zero-order valence-electron chi connectivity index (χ0n) is 11.4. The number of halogens is 1. The first-order valence-corrected chi connectivity index (χ1v) is 7.51. The van der Waals surface area contributed by atoms with E-state index in [1.54, 1.807) is 7.11 Å². The summed E-state index contributed by atoms with van der Waals surface area (Å²) < 4.78 is 9.06. The molecule has 1 aromatic heterocycles. The highest BCUT2D eigenvalue weighted by molar-refractivity contribution is 14.1. The normalized spacial score (nSPS) is 10.8. The monoisotopic (exact) mass is 376 g/mol. The molecule has 100 valence electrons. The third-order valence-electron chi connectivity index (χ3n) is 3.53. The molecule has 0 radical (unpaired) electrons. The maximum Gasteiger partial charge on any atom is 0.241 e. The van der Waals surface area contributed by atoms with Crippen LogP contribution in [-0.4, -0.2) is 7.11 Å². The molecule has 3 rings (SSSR count). The highest BCUT2D eigenvalue weighted by Gasteiger charge is 2.18. The lowest BCUT2D eigenvalue weighted by atomic mass is 10.0. The van der Waals surface area contributed by atoms with Crippen LogP contribution in [0.1, 0.15) is 0 Å². The minimum absolute atomic E-state index is 0.931. The van der Waals surface area contributed by atoms with Crippen LogP contribution in [0.15, 0.2) is 54.6 Å². The fourth-order valence-electron chi connectivity index (χ4n) is 2.49. The van der Waals surface area contributed by atoms with Crippen molar-refractivity contribution in [2.24, 2.45) is 7.05 Å². The van der Waals surface area contributed by atoms with Crippen molar-refractivity contribution in [1.82, 2.24) is 0 Å². The second-order valence-electron chi connectivity index (χ2n) is 4.66. The molecule has 2 aromatic carbocycles. The number of aromatic nitrogens is 1. The van der Waals surface area contributed by atoms with E-state index in [9.17, 15) is 0 Å². The van der Waals surface area contributed by atoms with Gasteiger partial charge in [-0.3, -0.25) is 0 Å². The summed E-state index contributed by atoms with van der Waals surface area (Å²) >= 11 is 2.34. The van der Waals surface area contributed by atoms with Crippen molar-refractivity contribution in [3.8, 4) is 17.0 Å². The number of methoxy groups -OCH3 is 1. The van der Waals surface area contributed by atoms with Gasteiger partial charge in [-0.15, -0.1) is 0 Å². The Morgan fingerprint density at radius 1 is 0.950 bits per heavy atom. The molecule has 2 nitrogen and oxygen atoms in total. The van der Waals surface area contributed by atoms with Gasteiger partial charge >= 0.3 is 0 Å². The van der Waals surface area contributed by atoms with E-state index in [4.69, 9.17) is 4.74 Å². The van der Waals surface area contributed by atoms with Crippen LogP contribution < -0.4 is 9.30 Å². The fraction of sp³-hybridized carbons (Fsp3) is 0.118. The zero-order chi connectivity index (χ0) is 14.1. The first-order chi connectivity index (χ1) is 9.72. The molecule has 0 aliphatic heterocycles. The third kappa shape index (κ3) is 2.16. The molecule has 0 saturated heterocycles. The van der Waals surface area contributed by atoms with Crippen molar-refractivity contribution in [2.75, 3.05) is 7.11 Å². The van der Waals surface area contributed by atoms with Crippen molar-refractivity contribution < 1.29 is 9.30 Å². The van der Waals surface area contributed by atoms with Crippen LogP contribution in [0.5, 0.6) is 5.75 Å². The van der Waals surface area contributed by atoms with Crippen molar-refractivity contribution in [3.63, 3.8) is 0 Å². The summed E-state index contributed by atoms with van der Waals surface area (Å²) in [7, 11) is 3.81. The van der Waals surface area contributed by atoms with Crippen molar-refractivity contribution >= 4 is 33.4 Å². The quantitative estimate of drug-likeness (QED) is 0.375. The van der Waals surface area contributed by atoms with E-state index in [1.807, 2.05) is 12.1 Å². The summed E-state index contributed by atoms with van der Waals surface area (Å²) in [6.45, 7) is 0. The number of pyridine rings is 1. The number of rotatable bonds is 2. The van der Waals surface area contributed by atoms with Gasteiger partial charge < -0.3 is 4.74 Å². The van der Waals surface area contributed by atoms with E-state index in [0.717, 1.165) is 22.4 Å². The predicted octanol–water partition coefficient (Wildman–Crippen LogP) is 3.94. The Labute approximate surface area is 132 Å². The van der Waals surface area contributed by atoms with Gasteiger partial charge in [0, 0.05) is 40.1 Å². The zero-order valence-corrected chi connectivity index (χ0v) is 13.6. The Morgan fingerprint density at radius 3 is 2.55 bits per heavy atom. The summed E-state index contributed by atoms with van der Waals surface area (Å²) in [6.07, 6.45) is 0. The Morgan fingerprint density at radius 2 is 1.75 bits per heavy atom. The summed E-state index contributed by atoms with van der Waals surface area (Å²) in [5, 5.41) is 2.34. The fourth-order valence-corrected chi connectivity index (χ4v) is 2.96. The van der Waals surface area contributed by atoms with E-state index in [2.05, 4.69) is 76.7 Å². The van der Waals surface area contributed by atoms with Crippen molar-refractivity contribution in [1.29, 1.82) is 0 Å². The van der Waals surface area contributed by atoms with Gasteiger partial charge in [-0.2, -0.15) is 4.57 Å². The van der Waals surface area contributed by atoms with E-state index in [1.165, 1.54) is 9.09 Å². The van der Waals surface area contributed by atoms with E-state index in [0.29, 0.717) is 0 Å². The maximum atomic E-state index is 5.69. The number of benzene rings is 2. The van der Waals surface area contributed by atoms with Crippen LogP contribution in [0.4, 0.5) is 0 Å². The second kappa shape index (κ2) is 5.40. The van der Waals surface area contributed by atoms with Gasteiger partial charge in [-0.25, -0.2) is 0 Å². The van der Waals surface area contributed by atoms with Crippen LogP contribution in [-0.2, 0) is 7.05 Å². The maximum absolute atomic E-state index is 5.69. The first-order valence-electron chi connectivity index (χ1n) is 6.43. The van der Waals surface area contributed by atoms with Crippen LogP contribution >= 0.6 is 22.6 Å². The molecule has 0 amide bonds. The Hall–Kier alpha value is -1.62. The molecule has 3 aromatic rings. The number of ether oxygens (including phenoxy) is 1. The van der Waals surface area contributed by atoms with E-state index >= 15 is 0 Å². The van der Waals surface area contributed by atoms with Crippen LogP contribution in [0.2, 0.25) is 0 Å². The SMILES string of the molecule is COc1c(-c2cccc(I)[n+]2C)ccc2ccccc12. The molecule has 0 saturated carbocycles. The molecule has 0 aliphatic carbocycles. The molecular weight excluding hydrogens is 361 g/mol. The van der Waals surface area contributed by atoms with Gasteiger partial charge in [0.1, 0.15) is 12.8 Å².